The zero-order chi connectivity index (χ0) is 18.9. The highest BCUT2D eigenvalue weighted by molar-refractivity contribution is 5.25. The van der Waals surface area contributed by atoms with Crippen LogP contribution in [0.4, 0.5) is 0 Å². The highest BCUT2D eigenvalue weighted by atomic mass is 16.5. The molecule has 1 aromatic carbocycles. The zero-order valence-corrected chi connectivity index (χ0v) is 11.0. The molecule has 0 N–H and O–H groups in total. The second-order valence-corrected chi connectivity index (χ2v) is 4.14. The molecule has 0 saturated carbocycles. The molecule has 0 aliphatic carbocycles. The Hall–Kier alpha value is -1.65. The number of hydrogen-bond donors (Lipinski definition) is 0. The smallest absolute Gasteiger partial charge is 0.124 e. The number of benzene rings is 1. The first-order valence-corrected chi connectivity index (χ1v) is 5.91. The highest BCUT2D eigenvalue weighted by Crippen LogP contribution is 2.25. The van der Waals surface area contributed by atoms with Crippen LogP contribution in [0.2, 0.25) is 0 Å². The van der Waals surface area contributed by atoms with Gasteiger partial charge in [0, 0.05) is 23.9 Å². The number of ether oxygens (including phenoxy) is 1. The molecule has 2 rings (SSSR count). The van der Waals surface area contributed by atoms with E-state index in [0.717, 1.165) is 4.90 Å². The molecule has 102 valence electrons. The van der Waals surface area contributed by atoms with Gasteiger partial charge < -0.3 is 9.64 Å². The lowest BCUT2D eigenvalue weighted by molar-refractivity contribution is 0.0638. The fourth-order valence-electron chi connectivity index (χ4n) is 1.65. The molecule has 4 heteroatoms. The third kappa shape index (κ3) is 3.66. The number of likely N-dealkylation sites (N-methyl/N-ethyl adjacent to an activating group) is 1. The van der Waals surface area contributed by atoms with Crippen LogP contribution in [0.3, 0.4) is 0 Å². The van der Waals surface area contributed by atoms with Crippen LogP contribution in [0.15, 0.2) is 42.6 Å². The van der Waals surface area contributed by atoms with Gasteiger partial charge in [-0.05, 0) is 25.7 Å². The van der Waals surface area contributed by atoms with Crippen molar-refractivity contribution in [1.29, 1.82) is 0 Å². The van der Waals surface area contributed by atoms with Crippen molar-refractivity contribution in [2.45, 2.75) is 6.08 Å². The van der Waals surface area contributed by atoms with E-state index in [1.807, 2.05) is 0 Å². The molecule has 0 saturated heterocycles. The molecule has 2 aromatic rings. The monoisotopic (exact) mass is 265 g/mol. The van der Waals surface area contributed by atoms with Crippen molar-refractivity contribution < 1.29 is 13.0 Å². The molecule has 0 bridgehead atoms. The minimum absolute atomic E-state index is 0.333. The molecule has 0 fully saturated rings. The summed E-state index contributed by atoms with van der Waals surface area (Å²) in [7, 11) is 2.92. The molecule has 4 nitrogen and oxygen atoms in total. The van der Waals surface area contributed by atoms with Gasteiger partial charge in [0.05, 0.1) is 16.4 Å². The van der Waals surface area contributed by atoms with Crippen LogP contribution in [-0.2, 0) is 11.8 Å². The van der Waals surface area contributed by atoms with Gasteiger partial charge in [0.2, 0.25) is 0 Å². The Bertz CT molecular complexity index is 703. The Morgan fingerprint density at radius 3 is 2.89 bits per heavy atom. The van der Waals surface area contributed by atoms with Gasteiger partial charge in [-0.25, -0.2) is 0 Å². The zero-order valence-electron chi connectivity index (χ0n) is 17.0. The van der Waals surface area contributed by atoms with Crippen molar-refractivity contribution >= 4 is 0 Å². The summed E-state index contributed by atoms with van der Waals surface area (Å²) in [5, 5.41) is 4.03. The van der Waals surface area contributed by atoms with Crippen molar-refractivity contribution in [2.24, 2.45) is 7.05 Å². The summed E-state index contributed by atoms with van der Waals surface area (Å²) in [5.74, 6) is 0. The number of aryl methyl sites for hydroxylation is 1. The van der Waals surface area contributed by atoms with Gasteiger partial charge in [0.15, 0.2) is 0 Å². The predicted octanol–water partition coefficient (Wildman–Crippen LogP) is 2.09. The fraction of sp³-hybridized carbons (Fsp3) is 0.400. The molecule has 0 spiro atoms. The summed E-state index contributed by atoms with van der Waals surface area (Å²) >= 11 is 0. The van der Waals surface area contributed by atoms with Gasteiger partial charge >= 0.3 is 0 Å². The lowest BCUT2D eigenvalue weighted by Gasteiger charge is -2.20. The Kier molecular flexibility index (Phi) is 2.67. The van der Waals surface area contributed by atoms with E-state index in [0.29, 0.717) is 11.3 Å². The Labute approximate surface area is 123 Å². The maximum Gasteiger partial charge on any atom is 0.124 e. The van der Waals surface area contributed by atoms with Crippen LogP contribution in [0.25, 0.3) is 0 Å². The van der Waals surface area contributed by atoms with E-state index in [4.69, 9.17) is 13.0 Å². The molecule has 1 heterocycles. The summed E-state index contributed by atoms with van der Waals surface area (Å²) in [6.45, 7) is -5.36. The summed E-state index contributed by atoms with van der Waals surface area (Å²) in [6, 6.07) is 10.1. The lowest BCUT2D eigenvalue weighted by Crippen LogP contribution is -2.20. The van der Waals surface area contributed by atoms with E-state index >= 15 is 0 Å². The molecule has 1 aromatic heterocycles. The molecule has 0 radical (unpaired) electrons. The third-order valence-corrected chi connectivity index (χ3v) is 2.57. The Morgan fingerprint density at radius 2 is 2.26 bits per heavy atom. The largest absolute Gasteiger partial charge is 0.366 e. The van der Waals surface area contributed by atoms with Gasteiger partial charge in [-0.2, -0.15) is 5.10 Å². The minimum atomic E-state index is -2.46. The fourth-order valence-corrected chi connectivity index (χ4v) is 1.65. The average Bonchev–Trinajstić information content (AvgIpc) is 2.93. The number of rotatable bonds is 6. The second kappa shape index (κ2) is 6.50. The maximum atomic E-state index is 8.83. The van der Waals surface area contributed by atoms with E-state index in [1.165, 1.54) is 17.9 Å². The minimum Gasteiger partial charge on any atom is -0.366 e. The van der Waals surface area contributed by atoms with Crippen LogP contribution in [0.5, 0.6) is 0 Å². The average molecular weight is 265 g/mol. The topological polar surface area (TPSA) is 30.3 Å². The first-order valence-electron chi connectivity index (χ1n) is 8.91. The molecular formula is C15H21N3O. The van der Waals surface area contributed by atoms with E-state index < -0.39 is 26.2 Å². The summed E-state index contributed by atoms with van der Waals surface area (Å²) < 4.78 is 54.1. The predicted molar refractivity (Wildman–Crippen MR) is 76.0 cm³/mol. The third-order valence-electron chi connectivity index (χ3n) is 2.57. The van der Waals surface area contributed by atoms with Gasteiger partial charge in [0.1, 0.15) is 6.08 Å². The van der Waals surface area contributed by atoms with E-state index in [9.17, 15) is 0 Å². The molecule has 0 aliphatic rings. The van der Waals surface area contributed by atoms with Crippen LogP contribution < -0.4 is 0 Å². The van der Waals surface area contributed by atoms with Crippen molar-refractivity contribution in [3.05, 3.63) is 53.9 Å². The van der Waals surface area contributed by atoms with Crippen molar-refractivity contribution in [3.63, 3.8) is 0 Å². The number of aromatic nitrogens is 2. The second-order valence-electron chi connectivity index (χ2n) is 4.14. The molecular weight excluding hydrogens is 238 g/mol. The first-order chi connectivity index (χ1) is 11.5. The lowest BCUT2D eigenvalue weighted by atomic mass is 10.1. The maximum absolute atomic E-state index is 8.83. The van der Waals surface area contributed by atoms with Crippen LogP contribution in [0, 0.1) is 0 Å². The van der Waals surface area contributed by atoms with Crippen LogP contribution in [-0.4, -0.2) is 41.8 Å². The van der Waals surface area contributed by atoms with Gasteiger partial charge in [-0.15, -0.1) is 0 Å². The highest BCUT2D eigenvalue weighted by Gasteiger charge is 2.17. The van der Waals surface area contributed by atoms with Crippen molar-refractivity contribution in [2.75, 3.05) is 27.1 Å². The number of nitrogens with zero attached hydrogens (tertiary/aromatic N) is 3. The van der Waals surface area contributed by atoms with E-state index in [2.05, 4.69) is 5.10 Å². The van der Waals surface area contributed by atoms with Gasteiger partial charge in [-0.3, -0.25) is 4.68 Å². The molecule has 0 amide bonds. The van der Waals surface area contributed by atoms with Crippen molar-refractivity contribution in [3.8, 4) is 0 Å². The van der Waals surface area contributed by atoms with Gasteiger partial charge in [0.25, 0.3) is 0 Å². The van der Waals surface area contributed by atoms with E-state index in [1.54, 1.807) is 43.4 Å². The van der Waals surface area contributed by atoms with Crippen molar-refractivity contribution in [1.82, 2.24) is 14.7 Å². The van der Waals surface area contributed by atoms with E-state index in [-0.39, 0.29) is 0 Å². The summed E-state index contributed by atoms with van der Waals surface area (Å²) in [6.07, 6.45) is -0.388. The molecule has 1 atom stereocenters. The molecule has 1 unspecified atom stereocenters. The summed E-state index contributed by atoms with van der Waals surface area (Å²) in [5.41, 5.74) is 0.748. The first kappa shape index (κ1) is 7.82. The normalized spacial score (nSPS) is 20.6. The molecule has 0 aliphatic heterocycles. The van der Waals surface area contributed by atoms with Crippen LogP contribution >= 0.6 is 0 Å². The SMILES string of the molecule is [2H]C([2H])(CN(C)C([2H])([2H])[2H])OC([2H])(c1ccccc1)c1ccnn1C. The van der Waals surface area contributed by atoms with Gasteiger partial charge in [-0.1, -0.05) is 30.3 Å². The summed E-state index contributed by atoms with van der Waals surface area (Å²) in [4.78, 5) is 0.877. The Balaban J connectivity index is 2.39. The quantitative estimate of drug-likeness (QED) is 0.801. The Morgan fingerprint density at radius 1 is 1.47 bits per heavy atom. The molecule has 19 heavy (non-hydrogen) atoms. The number of hydrogen-bond acceptors (Lipinski definition) is 3. The standard InChI is InChI=1S/C15H21N3O/c1-17(2)11-12-19-15(13-7-5-4-6-8-13)14-9-10-16-18(14)3/h4-10,15H,11-12H2,1-3H3/i1D3,12D2,15D. The van der Waals surface area contributed by atoms with Crippen LogP contribution in [0.1, 0.15) is 25.6 Å².